The van der Waals surface area contributed by atoms with Crippen LogP contribution in [0.25, 0.3) is 0 Å². The summed E-state index contributed by atoms with van der Waals surface area (Å²) in [5.74, 6) is 0.923. The van der Waals surface area contributed by atoms with E-state index in [9.17, 15) is 8.42 Å². The Labute approximate surface area is 129 Å². The van der Waals surface area contributed by atoms with Gasteiger partial charge < -0.3 is 5.32 Å². The van der Waals surface area contributed by atoms with E-state index in [2.05, 4.69) is 40.2 Å². The predicted octanol–water partition coefficient (Wildman–Crippen LogP) is 1.75. The largest absolute Gasteiger partial charge is 0.311 e. The smallest absolute Gasteiger partial charge is 0.150 e. The SMILES string of the molecule is CCc1nn(CC)c(CNCC2CCS(=O)(=O)C2)c1Br. The first kappa shape index (κ1) is 16.0. The Balaban J connectivity index is 1.93. The third kappa shape index (κ3) is 3.62. The molecule has 0 bridgehead atoms. The molecule has 1 aliphatic heterocycles. The van der Waals surface area contributed by atoms with Crippen molar-refractivity contribution >= 4 is 25.8 Å². The Bertz CT molecular complexity index is 568. The Hall–Kier alpha value is -0.400. The van der Waals surface area contributed by atoms with Gasteiger partial charge in [-0.05, 0) is 48.2 Å². The molecule has 1 fully saturated rings. The van der Waals surface area contributed by atoms with Crippen LogP contribution < -0.4 is 5.32 Å². The van der Waals surface area contributed by atoms with Crippen molar-refractivity contribution in [3.05, 3.63) is 15.9 Å². The highest BCUT2D eigenvalue weighted by atomic mass is 79.9. The number of nitrogens with zero attached hydrogens (tertiary/aromatic N) is 2. The number of sulfone groups is 1. The molecule has 1 saturated heterocycles. The summed E-state index contributed by atoms with van der Waals surface area (Å²) < 4.78 is 25.9. The number of rotatable bonds is 6. The van der Waals surface area contributed by atoms with Crippen molar-refractivity contribution in [2.45, 2.75) is 39.8 Å². The van der Waals surface area contributed by atoms with E-state index in [1.54, 1.807) is 0 Å². The monoisotopic (exact) mass is 363 g/mol. The highest BCUT2D eigenvalue weighted by molar-refractivity contribution is 9.10. The van der Waals surface area contributed by atoms with E-state index >= 15 is 0 Å². The topological polar surface area (TPSA) is 64.0 Å². The minimum Gasteiger partial charge on any atom is -0.311 e. The Kier molecular flexibility index (Phi) is 5.25. The average molecular weight is 364 g/mol. The van der Waals surface area contributed by atoms with Crippen LogP contribution in [-0.4, -0.2) is 36.2 Å². The molecular formula is C13H22BrN3O2S. The van der Waals surface area contributed by atoms with Gasteiger partial charge in [0.1, 0.15) is 0 Å². The van der Waals surface area contributed by atoms with Crippen LogP contribution in [0.15, 0.2) is 4.47 Å². The van der Waals surface area contributed by atoms with Gasteiger partial charge in [-0.15, -0.1) is 0 Å². The molecule has 1 atom stereocenters. The molecule has 0 spiro atoms. The standard InChI is InChI=1S/C13H22BrN3O2S/c1-3-11-13(14)12(17(4-2)16-11)8-15-7-10-5-6-20(18,19)9-10/h10,15H,3-9H2,1-2H3. The van der Waals surface area contributed by atoms with Gasteiger partial charge in [-0.25, -0.2) is 8.42 Å². The van der Waals surface area contributed by atoms with Crippen LogP contribution in [0.2, 0.25) is 0 Å². The Morgan fingerprint density at radius 1 is 1.45 bits per heavy atom. The maximum Gasteiger partial charge on any atom is 0.150 e. The minimum absolute atomic E-state index is 0.252. The molecule has 20 heavy (non-hydrogen) atoms. The van der Waals surface area contributed by atoms with Crippen molar-refractivity contribution < 1.29 is 8.42 Å². The maximum absolute atomic E-state index is 11.4. The van der Waals surface area contributed by atoms with E-state index in [1.807, 2.05) is 4.68 Å². The number of halogens is 1. The third-order valence-electron chi connectivity index (χ3n) is 3.75. The molecule has 0 saturated carbocycles. The number of nitrogens with one attached hydrogen (secondary N) is 1. The quantitative estimate of drug-likeness (QED) is 0.836. The molecule has 0 aliphatic carbocycles. The van der Waals surface area contributed by atoms with Gasteiger partial charge in [0.2, 0.25) is 0 Å². The van der Waals surface area contributed by atoms with Gasteiger partial charge in [-0.2, -0.15) is 5.10 Å². The molecule has 1 aromatic heterocycles. The van der Waals surface area contributed by atoms with Crippen LogP contribution in [0, 0.1) is 5.92 Å². The molecule has 0 radical (unpaired) electrons. The lowest BCUT2D eigenvalue weighted by Gasteiger charge is -2.11. The summed E-state index contributed by atoms with van der Waals surface area (Å²) in [6, 6.07) is 0. The predicted molar refractivity (Wildman–Crippen MR) is 83.4 cm³/mol. The summed E-state index contributed by atoms with van der Waals surface area (Å²) in [7, 11) is -2.78. The van der Waals surface area contributed by atoms with Crippen molar-refractivity contribution in [3.63, 3.8) is 0 Å². The molecular weight excluding hydrogens is 342 g/mol. The van der Waals surface area contributed by atoms with Crippen LogP contribution in [0.4, 0.5) is 0 Å². The summed E-state index contributed by atoms with van der Waals surface area (Å²) in [5, 5.41) is 7.93. The first-order valence-electron chi connectivity index (χ1n) is 7.12. The number of hydrogen-bond acceptors (Lipinski definition) is 4. The van der Waals surface area contributed by atoms with Crippen LogP contribution in [0.3, 0.4) is 0 Å². The molecule has 1 aliphatic rings. The second-order valence-corrected chi connectivity index (χ2v) is 8.30. The van der Waals surface area contributed by atoms with Crippen molar-refractivity contribution in [3.8, 4) is 0 Å². The van der Waals surface area contributed by atoms with Crippen molar-refractivity contribution in [2.24, 2.45) is 5.92 Å². The lowest BCUT2D eigenvalue weighted by atomic mass is 10.1. The van der Waals surface area contributed by atoms with Gasteiger partial charge in [0.15, 0.2) is 9.84 Å². The molecule has 5 nitrogen and oxygen atoms in total. The molecule has 2 rings (SSSR count). The average Bonchev–Trinajstić information content (AvgIpc) is 2.90. The summed E-state index contributed by atoms with van der Waals surface area (Å²) in [6.07, 6.45) is 1.69. The van der Waals surface area contributed by atoms with Gasteiger partial charge in [-0.1, -0.05) is 6.92 Å². The summed E-state index contributed by atoms with van der Waals surface area (Å²) in [4.78, 5) is 0. The van der Waals surface area contributed by atoms with E-state index in [1.165, 1.54) is 0 Å². The van der Waals surface area contributed by atoms with Gasteiger partial charge in [0.25, 0.3) is 0 Å². The fourth-order valence-electron chi connectivity index (χ4n) is 2.61. The second kappa shape index (κ2) is 6.58. The van der Waals surface area contributed by atoms with Gasteiger partial charge in [0.05, 0.1) is 27.4 Å². The molecule has 1 unspecified atom stereocenters. The Morgan fingerprint density at radius 3 is 2.75 bits per heavy atom. The van der Waals surface area contributed by atoms with Gasteiger partial charge in [0, 0.05) is 13.1 Å². The fraction of sp³-hybridized carbons (Fsp3) is 0.769. The van der Waals surface area contributed by atoms with Crippen molar-refractivity contribution in [1.82, 2.24) is 15.1 Å². The normalized spacial score (nSPS) is 21.4. The van der Waals surface area contributed by atoms with E-state index in [4.69, 9.17) is 0 Å². The van der Waals surface area contributed by atoms with E-state index < -0.39 is 9.84 Å². The van der Waals surface area contributed by atoms with Crippen LogP contribution in [0.1, 0.15) is 31.7 Å². The summed E-state index contributed by atoms with van der Waals surface area (Å²) in [6.45, 7) is 6.48. The number of aryl methyl sites for hydroxylation is 2. The third-order valence-corrected chi connectivity index (χ3v) is 6.50. The summed E-state index contributed by atoms with van der Waals surface area (Å²) >= 11 is 3.62. The molecule has 1 N–H and O–H groups in total. The molecule has 0 amide bonds. The zero-order valence-corrected chi connectivity index (χ0v) is 14.4. The van der Waals surface area contributed by atoms with Gasteiger partial charge in [-0.3, -0.25) is 4.68 Å². The zero-order chi connectivity index (χ0) is 14.8. The molecule has 2 heterocycles. The lowest BCUT2D eigenvalue weighted by molar-refractivity contribution is 0.502. The summed E-state index contributed by atoms with van der Waals surface area (Å²) in [5.41, 5.74) is 2.22. The van der Waals surface area contributed by atoms with E-state index in [0.717, 1.165) is 48.3 Å². The maximum atomic E-state index is 11.4. The van der Waals surface area contributed by atoms with Crippen molar-refractivity contribution in [2.75, 3.05) is 18.1 Å². The minimum atomic E-state index is -2.78. The van der Waals surface area contributed by atoms with Crippen LogP contribution in [-0.2, 0) is 29.3 Å². The first-order valence-corrected chi connectivity index (χ1v) is 9.73. The van der Waals surface area contributed by atoms with E-state index in [0.29, 0.717) is 11.5 Å². The first-order chi connectivity index (χ1) is 9.46. The van der Waals surface area contributed by atoms with Crippen LogP contribution >= 0.6 is 15.9 Å². The highest BCUT2D eigenvalue weighted by Gasteiger charge is 2.27. The van der Waals surface area contributed by atoms with Gasteiger partial charge >= 0.3 is 0 Å². The van der Waals surface area contributed by atoms with Crippen molar-refractivity contribution in [1.29, 1.82) is 0 Å². The fourth-order valence-corrected chi connectivity index (χ4v) is 5.18. The zero-order valence-electron chi connectivity index (χ0n) is 12.0. The second-order valence-electron chi connectivity index (χ2n) is 5.28. The Morgan fingerprint density at radius 2 is 2.20 bits per heavy atom. The lowest BCUT2D eigenvalue weighted by Crippen LogP contribution is -2.24. The number of hydrogen-bond donors (Lipinski definition) is 1. The molecule has 7 heteroatoms. The van der Waals surface area contributed by atoms with E-state index in [-0.39, 0.29) is 5.92 Å². The van der Waals surface area contributed by atoms with Crippen LogP contribution in [0.5, 0.6) is 0 Å². The highest BCUT2D eigenvalue weighted by Crippen LogP contribution is 2.23. The molecule has 1 aromatic rings. The molecule has 114 valence electrons. The molecule has 0 aromatic carbocycles. The number of aromatic nitrogens is 2.